The minimum Gasteiger partial charge on any atom is -0.429 e. The quantitative estimate of drug-likeness (QED) is 0.640. The van der Waals surface area contributed by atoms with Crippen LogP contribution in [0.25, 0.3) is 0 Å². The number of aryl methyl sites for hydroxylation is 1. The molecule has 2 aliphatic heterocycles. The van der Waals surface area contributed by atoms with Crippen LogP contribution >= 0.6 is 0 Å². The summed E-state index contributed by atoms with van der Waals surface area (Å²) in [4.78, 5) is 11.1. The Hall–Kier alpha value is -1.95. The lowest BCUT2D eigenvalue weighted by atomic mass is 9.97. The molecule has 2 N–H and O–H groups in total. The number of rotatable bonds is 5. The van der Waals surface area contributed by atoms with Crippen molar-refractivity contribution in [2.75, 3.05) is 0 Å². The largest absolute Gasteiger partial charge is 0.429 e. The molecule has 5 nitrogen and oxygen atoms in total. The second-order valence-electron chi connectivity index (χ2n) is 5.76. The smallest absolute Gasteiger partial charge is 0.333 e. The molecular weight excluding hydrogens is 296 g/mol. The molecule has 0 spiro atoms. The monoisotopic (exact) mass is 316 g/mol. The SMILES string of the molecule is O=C1C=C(C2CC=C(CCCc3ccccc3)C(O)O2)C(O)O1. The lowest BCUT2D eigenvalue weighted by Gasteiger charge is -2.28. The number of hydrogen-bond acceptors (Lipinski definition) is 5. The normalized spacial score (nSPS) is 27.4. The van der Waals surface area contributed by atoms with Gasteiger partial charge in [-0.15, -0.1) is 0 Å². The Morgan fingerprint density at radius 3 is 2.52 bits per heavy atom. The highest BCUT2D eigenvalue weighted by Crippen LogP contribution is 2.29. The second kappa shape index (κ2) is 7.08. The van der Waals surface area contributed by atoms with Crippen molar-refractivity contribution in [3.05, 3.63) is 59.2 Å². The van der Waals surface area contributed by atoms with Crippen LogP contribution in [0, 0.1) is 0 Å². The summed E-state index contributed by atoms with van der Waals surface area (Å²) in [5.74, 6) is -0.580. The van der Waals surface area contributed by atoms with Crippen LogP contribution in [-0.4, -0.2) is 34.9 Å². The zero-order valence-electron chi connectivity index (χ0n) is 12.7. The van der Waals surface area contributed by atoms with E-state index < -0.39 is 24.7 Å². The zero-order valence-corrected chi connectivity index (χ0v) is 12.7. The summed E-state index contributed by atoms with van der Waals surface area (Å²) in [6, 6.07) is 10.2. The second-order valence-corrected chi connectivity index (χ2v) is 5.76. The van der Waals surface area contributed by atoms with Crippen molar-refractivity contribution in [1.82, 2.24) is 0 Å². The third-order valence-electron chi connectivity index (χ3n) is 4.15. The first-order valence-corrected chi connectivity index (χ1v) is 7.80. The molecule has 23 heavy (non-hydrogen) atoms. The molecular formula is C18H20O5. The first-order chi connectivity index (χ1) is 11.1. The highest BCUT2D eigenvalue weighted by molar-refractivity contribution is 5.85. The molecule has 0 saturated carbocycles. The molecule has 0 bridgehead atoms. The molecule has 2 aliphatic rings. The minimum atomic E-state index is -1.27. The van der Waals surface area contributed by atoms with Crippen LogP contribution in [0.1, 0.15) is 24.8 Å². The maximum absolute atomic E-state index is 11.1. The van der Waals surface area contributed by atoms with Crippen molar-refractivity contribution >= 4 is 5.97 Å². The fourth-order valence-corrected chi connectivity index (χ4v) is 2.91. The molecule has 0 aromatic heterocycles. The Kier molecular flexibility index (Phi) is 4.91. The summed E-state index contributed by atoms with van der Waals surface area (Å²) < 4.78 is 10.2. The lowest BCUT2D eigenvalue weighted by molar-refractivity contribution is -0.155. The van der Waals surface area contributed by atoms with Crippen LogP contribution in [0.2, 0.25) is 0 Å². The number of cyclic esters (lactones) is 1. The average Bonchev–Trinajstić information content (AvgIpc) is 2.88. The van der Waals surface area contributed by atoms with Crippen molar-refractivity contribution in [2.45, 2.75) is 44.4 Å². The molecule has 5 heteroatoms. The van der Waals surface area contributed by atoms with E-state index in [0.717, 1.165) is 24.8 Å². The molecule has 0 amide bonds. The van der Waals surface area contributed by atoms with E-state index in [9.17, 15) is 15.0 Å². The molecule has 0 aliphatic carbocycles. The Morgan fingerprint density at radius 2 is 1.87 bits per heavy atom. The molecule has 3 rings (SSSR count). The fourth-order valence-electron chi connectivity index (χ4n) is 2.91. The maximum atomic E-state index is 11.1. The van der Waals surface area contributed by atoms with E-state index in [4.69, 9.17) is 4.74 Å². The van der Waals surface area contributed by atoms with Gasteiger partial charge in [-0.05, 0) is 36.8 Å². The average molecular weight is 316 g/mol. The molecule has 1 aromatic carbocycles. The number of carbonyl (C=O) groups is 1. The van der Waals surface area contributed by atoms with Crippen molar-refractivity contribution in [1.29, 1.82) is 0 Å². The summed E-state index contributed by atoms with van der Waals surface area (Å²) >= 11 is 0. The fraction of sp³-hybridized carbons (Fsp3) is 0.389. The number of aliphatic hydroxyl groups excluding tert-OH is 2. The predicted molar refractivity (Wildman–Crippen MR) is 83.1 cm³/mol. The Labute approximate surface area is 134 Å². The highest BCUT2D eigenvalue weighted by atomic mass is 16.6. The highest BCUT2D eigenvalue weighted by Gasteiger charge is 2.34. The predicted octanol–water partition coefficient (Wildman–Crippen LogP) is 1.84. The summed E-state index contributed by atoms with van der Waals surface area (Å²) in [6.45, 7) is 0. The summed E-state index contributed by atoms with van der Waals surface area (Å²) in [5, 5.41) is 19.8. The van der Waals surface area contributed by atoms with E-state index in [1.807, 2.05) is 24.3 Å². The van der Waals surface area contributed by atoms with Gasteiger partial charge in [0.05, 0.1) is 6.10 Å². The first-order valence-electron chi connectivity index (χ1n) is 7.80. The van der Waals surface area contributed by atoms with E-state index in [-0.39, 0.29) is 0 Å². The van der Waals surface area contributed by atoms with E-state index in [0.29, 0.717) is 12.0 Å². The van der Waals surface area contributed by atoms with Gasteiger partial charge in [-0.1, -0.05) is 36.4 Å². The van der Waals surface area contributed by atoms with Gasteiger partial charge in [-0.25, -0.2) is 4.79 Å². The van der Waals surface area contributed by atoms with Gasteiger partial charge in [0.2, 0.25) is 6.29 Å². The van der Waals surface area contributed by atoms with Gasteiger partial charge in [0, 0.05) is 11.6 Å². The summed E-state index contributed by atoms with van der Waals surface area (Å²) in [6.07, 6.45) is 3.49. The van der Waals surface area contributed by atoms with Crippen LogP contribution in [-0.2, 0) is 20.7 Å². The zero-order chi connectivity index (χ0) is 16.2. The van der Waals surface area contributed by atoms with Gasteiger partial charge in [-0.2, -0.15) is 0 Å². The van der Waals surface area contributed by atoms with E-state index in [2.05, 4.69) is 16.9 Å². The Bertz CT molecular complexity index is 620. The van der Waals surface area contributed by atoms with Crippen molar-refractivity contribution in [3.63, 3.8) is 0 Å². The number of aliphatic hydroxyl groups is 2. The van der Waals surface area contributed by atoms with Gasteiger partial charge in [0.15, 0.2) is 6.29 Å². The minimum absolute atomic E-state index is 0.369. The summed E-state index contributed by atoms with van der Waals surface area (Å²) in [7, 11) is 0. The van der Waals surface area contributed by atoms with E-state index in [1.165, 1.54) is 11.6 Å². The van der Waals surface area contributed by atoms with Gasteiger partial charge in [0.25, 0.3) is 0 Å². The standard InChI is InChI=1S/C18H20O5/c19-16-11-14(18(21)23-16)15-10-9-13(17(20)22-15)8-4-7-12-5-2-1-3-6-12/h1-3,5-6,9,11,15,17-18,20-21H,4,7-8,10H2. The van der Waals surface area contributed by atoms with E-state index >= 15 is 0 Å². The van der Waals surface area contributed by atoms with Crippen molar-refractivity contribution < 1.29 is 24.5 Å². The van der Waals surface area contributed by atoms with E-state index in [1.54, 1.807) is 0 Å². The van der Waals surface area contributed by atoms with Crippen LogP contribution in [0.3, 0.4) is 0 Å². The molecule has 2 heterocycles. The third kappa shape index (κ3) is 3.88. The molecule has 0 saturated heterocycles. The van der Waals surface area contributed by atoms with Crippen LogP contribution in [0.5, 0.6) is 0 Å². The Morgan fingerprint density at radius 1 is 1.09 bits per heavy atom. The van der Waals surface area contributed by atoms with Crippen molar-refractivity contribution in [3.8, 4) is 0 Å². The van der Waals surface area contributed by atoms with Gasteiger partial charge in [0.1, 0.15) is 0 Å². The van der Waals surface area contributed by atoms with Crippen LogP contribution in [0.4, 0.5) is 0 Å². The number of benzene rings is 1. The molecule has 1 aromatic rings. The number of hydrogen-bond donors (Lipinski definition) is 2. The lowest BCUT2D eigenvalue weighted by Crippen LogP contribution is -2.32. The first kappa shape index (κ1) is 15.9. The topological polar surface area (TPSA) is 76.0 Å². The van der Waals surface area contributed by atoms with Gasteiger partial charge in [-0.3, -0.25) is 0 Å². The van der Waals surface area contributed by atoms with Crippen molar-refractivity contribution in [2.24, 2.45) is 0 Å². The molecule has 3 atom stereocenters. The molecule has 122 valence electrons. The molecule has 0 fully saturated rings. The van der Waals surface area contributed by atoms with Gasteiger partial charge >= 0.3 is 5.97 Å². The number of ether oxygens (including phenoxy) is 2. The maximum Gasteiger partial charge on any atom is 0.333 e. The molecule has 3 unspecified atom stereocenters. The number of esters is 1. The third-order valence-corrected chi connectivity index (χ3v) is 4.15. The summed E-state index contributed by atoms with van der Waals surface area (Å²) in [5.41, 5.74) is 2.48. The molecule has 0 radical (unpaired) electrons. The van der Waals surface area contributed by atoms with Gasteiger partial charge < -0.3 is 19.7 Å². The number of carbonyl (C=O) groups excluding carboxylic acids is 1. The Balaban J connectivity index is 1.54. The van der Waals surface area contributed by atoms with Crippen LogP contribution in [0.15, 0.2) is 53.6 Å². The van der Waals surface area contributed by atoms with Crippen LogP contribution < -0.4 is 0 Å².